The van der Waals surface area contributed by atoms with Crippen molar-refractivity contribution < 1.29 is 23.0 Å². The van der Waals surface area contributed by atoms with E-state index < -0.39 is 24.2 Å². The van der Waals surface area contributed by atoms with Crippen molar-refractivity contribution in [2.75, 3.05) is 13.2 Å². The molecule has 2 aromatic carbocycles. The van der Waals surface area contributed by atoms with Gasteiger partial charge in [-0.3, -0.25) is 14.8 Å². The number of rotatable bonds is 4. The van der Waals surface area contributed by atoms with Crippen molar-refractivity contribution >= 4 is 11.6 Å². The van der Waals surface area contributed by atoms with Gasteiger partial charge in [0, 0.05) is 24.6 Å². The minimum Gasteiger partial charge on any atom is -0.485 e. The molecule has 2 atom stereocenters. The Morgan fingerprint density at radius 1 is 1.14 bits per heavy atom. The van der Waals surface area contributed by atoms with E-state index in [0.717, 1.165) is 11.1 Å². The lowest BCUT2D eigenvalue weighted by molar-refractivity contribution is -0.136. The summed E-state index contributed by atoms with van der Waals surface area (Å²) >= 11 is 0. The van der Waals surface area contributed by atoms with E-state index in [4.69, 9.17) is 15.2 Å². The second-order valence-electron chi connectivity index (χ2n) is 9.03. The van der Waals surface area contributed by atoms with Gasteiger partial charge in [-0.2, -0.15) is 0 Å². The Balaban J connectivity index is 1.59. The first-order chi connectivity index (χ1) is 16.8. The standard InChI is InChI=1S/C27H25F2N3O3/c1-17-7-9-21(31-14-17)22(33)12-18-8-10-23-20(11-18)26(27(28,29)16-34-15-25(30)32-26)13-24(35-23)19-5-3-2-4-6-19/h2-11,14,24H,12-13,15-16H2,1H3,(H2,30,32)/t24?,26-/m1/s1. The number of alkyl halides is 2. The first kappa shape index (κ1) is 23.1. The van der Waals surface area contributed by atoms with Crippen LogP contribution < -0.4 is 10.5 Å². The molecule has 1 spiro atoms. The van der Waals surface area contributed by atoms with E-state index in [1.165, 1.54) is 0 Å². The quantitative estimate of drug-likeness (QED) is 0.557. The molecular formula is C27H25F2N3O3. The average molecular weight is 478 g/mol. The molecule has 1 unspecified atom stereocenters. The molecule has 1 aromatic heterocycles. The summed E-state index contributed by atoms with van der Waals surface area (Å²) in [5.41, 5.74) is 6.78. The minimum atomic E-state index is -3.36. The van der Waals surface area contributed by atoms with Crippen LogP contribution in [-0.4, -0.2) is 35.7 Å². The van der Waals surface area contributed by atoms with Crippen molar-refractivity contribution in [3.8, 4) is 5.75 Å². The Bertz CT molecular complexity index is 1280. The number of pyridine rings is 1. The molecule has 35 heavy (non-hydrogen) atoms. The number of nitrogens with zero attached hydrogens (tertiary/aromatic N) is 2. The van der Waals surface area contributed by atoms with E-state index in [9.17, 15) is 4.79 Å². The van der Waals surface area contributed by atoms with Crippen LogP contribution in [0.1, 0.15) is 45.3 Å². The number of benzene rings is 2. The van der Waals surface area contributed by atoms with Gasteiger partial charge in [0.05, 0.1) is 0 Å². The smallest absolute Gasteiger partial charge is 0.299 e. The van der Waals surface area contributed by atoms with Crippen LogP contribution in [0.4, 0.5) is 8.78 Å². The molecule has 0 radical (unpaired) electrons. The van der Waals surface area contributed by atoms with Gasteiger partial charge in [0.25, 0.3) is 5.92 Å². The van der Waals surface area contributed by atoms with Gasteiger partial charge < -0.3 is 15.2 Å². The van der Waals surface area contributed by atoms with Gasteiger partial charge in [-0.1, -0.05) is 42.5 Å². The van der Waals surface area contributed by atoms with Crippen LogP contribution in [-0.2, 0) is 16.7 Å². The predicted molar refractivity (Wildman–Crippen MR) is 127 cm³/mol. The third kappa shape index (κ3) is 4.30. The van der Waals surface area contributed by atoms with E-state index in [-0.39, 0.29) is 42.4 Å². The molecule has 2 aliphatic rings. The van der Waals surface area contributed by atoms with Gasteiger partial charge in [-0.15, -0.1) is 0 Å². The van der Waals surface area contributed by atoms with Crippen LogP contribution in [0.2, 0.25) is 0 Å². The topological polar surface area (TPSA) is 86.8 Å². The number of aryl methyl sites for hydroxylation is 1. The highest BCUT2D eigenvalue weighted by molar-refractivity contribution is 5.95. The van der Waals surface area contributed by atoms with E-state index in [0.29, 0.717) is 11.3 Å². The predicted octanol–water partition coefficient (Wildman–Crippen LogP) is 4.56. The molecule has 0 saturated carbocycles. The van der Waals surface area contributed by atoms with Crippen molar-refractivity contribution in [2.45, 2.75) is 37.3 Å². The zero-order chi connectivity index (χ0) is 24.6. The summed E-state index contributed by atoms with van der Waals surface area (Å²) in [5, 5.41) is 0. The van der Waals surface area contributed by atoms with Crippen molar-refractivity contribution in [3.05, 3.63) is 94.8 Å². The number of hydrogen-bond acceptors (Lipinski definition) is 6. The maximum absolute atomic E-state index is 15.8. The van der Waals surface area contributed by atoms with Crippen molar-refractivity contribution in [3.63, 3.8) is 0 Å². The van der Waals surface area contributed by atoms with Gasteiger partial charge in [0.2, 0.25) is 0 Å². The van der Waals surface area contributed by atoms with Gasteiger partial charge in [0.15, 0.2) is 11.3 Å². The zero-order valence-corrected chi connectivity index (χ0v) is 19.2. The van der Waals surface area contributed by atoms with Crippen LogP contribution in [0.25, 0.3) is 0 Å². The van der Waals surface area contributed by atoms with Crippen molar-refractivity contribution in [1.29, 1.82) is 0 Å². The largest absolute Gasteiger partial charge is 0.485 e. The Kier molecular flexibility index (Phi) is 5.84. The number of halogens is 2. The fourth-order valence-corrected chi connectivity index (χ4v) is 4.66. The third-order valence-electron chi connectivity index (χ3n) is 6.45. The molecule has 2 aliphatic heterocycles. The van der Waals surface area contributed by atoms with Gasteiger partial charge >= 0.3 is 0 Å². The summed E-state index contributed by atoms with van der Waals surface area (Å²) in [5.74, 6) is -3.29. The fourth-order valence-electron chi connectivity index (χ4n) is 4.66. The number of ketones is 1. The molecular weight excluding hydrogens is 452 g/mol. The molecule has 5 rings (SSSR count). The molecule has 0 saturated heterocycles. The van der Waals surface area contributed by atoms with Crippen LogP contribution >= 0.6 is 0 Å². The molecule has 2 N–H and O–H groups in total. The summed E-state index contributed by atoms with van der Waals surface area (Å²) < 4.78 is 43.0. The molecule has 0 aliphatic carbocycles. The third-order valence-corrected chi connectivity index (χ3v) is 6.45. The molecule has 3 aromatic rings. The van der Waals surface area contributed by atoms with Gasteiger partial charge in [-0.05, 0) is 41.8 Å². The van der Waals surface area contributed by atoms with Gasteiger partial charge in [0.1, 0.15) is 36.6 Å². The highest BCUT2D eigenvalue weighted by Crippen LogP contribution is 2.55. The summed E-state index contributed by atoms with van der Waals surface area (Å²) in [4.78, 5) is 21.4. The molecule has 6 nitrogen and oxygen atoms in total. The number of fused-ring (bicyclic) bond motifs is 2. The van der Waals surface area contributed by atoms with E-state index in [1.54, 1.807) is 30.5 Å². The Hall–Kier alpha value is -3.65. The van der Waals surface area contributed by atoms with Crippen molar-refractivity contribution in [2.24, 2.45) is 10.7 Å². The number of carbonyl (C=O) groups is 1. The highest BCUT2D eigenvalue weighted by atomic mass is 19.3. The number of ether oxygens (including phenoxy) is 2. The average Bonchev–Trinajstić information content (AvgIpc) is 2.95. The minimum absolute atomic E-state index is 0.00278. The van der Waals surface area contributed by atoms with Crippen LogP contribution in [0, 0.1) is 6.92 Å². The normalized spacial score (nSPS) is 23.1. The first-order valence-electron chi connectivity index (χ1n) is 11.4. The van der Waals surface area contributed by atoms with Crippen LogP contribution in [0.5, 0.6) is 5.75 Å². The van der Waals surface area contributed by atoms with Crippen LogP contribution in [0.15, 0.2) is 71.9 Å². The van der Waals surface area contributed by atoms with Crippen LogP contribution in [0.3, 0.4) is 0 Å². The second kappa shape index (κ2) is 8.85. The lowest BCUT2D eigenvalue weighted by atomic mass is 9.75. The molecule has 0 fully saturated rings. The highest BCUT2D eigenvalue weighted by Gasteiger charge is 2.60. The summed E-state index contributed by atoms with van der Waals surface area (Å²) in [6.45, 7) is 0.880. The van der Waals surface area contributed by atoms with Gasteiger partial charge in [-0.25, -0.2) is 8.78 Å². The summed E-state index contributed by atoms with van der Waals surface area (Å²) in [6.07, 6.45) is 0.838. The lowest BCUT2D eigenvalue weighted by Gasteiger charge is -2.43. The van der Waals surface area contributed by atoms with E-state index >= 15 is 8.78 Å². The SMILES string of the molecule is Cc1ccc(C(=O)Cc2ccc3c(c2)[C@@]2(CC(c4ccccc4)O3)N=C(N)COCC2(F)F)nc1. The number of aromatic nitrogens is 1. The number of amidine groups is 1. The molecule has 8 heteroatoms. The fraction of sp³-hybridized carbons (Fsp3) is 0.296. The number of hydrogen-bond donors (Lipinski definition) is 1. The van der Waals surface area contributed by atoms with E-state index in [1.807, 2.05) is 43.3 Å². The number of Topliss-reactive ketones (excluding diaryl/α,β-unsaturated/α-hetero) is 1. The molecule has 0 amide bonds. The zero-order valence-electron chi connectivity index (χ0n) is 19.2. The Morgan fingerprint density at radius 3 is 2.69 bits per heavy atom. The lowest BCUT2D eigenvalue weighted by Crippen LogP contribution is -2.50. The molecule has 3 heterocycles. The molecule has 180 valence electrons. The maximum atomic E-state index is 15.8. The molecule has 0 bridgehead atoms. The number of aliphatic imine (C=N–C) groups is 1. The van der Waals surface area contributed by atoms with Crippen molar-refractivity contribution in [1.82, 2.24) is 4.98 Å². The van der Waals surface area contributed by atoms with E-state index in [2.05, 4.69) is 9.98 Å². The summed E-state index contributed by atoms with van der Waals surface area (Å²) in [7, 11) is 0. The second-order valence-corrected chi connectivity index (χ2v) is 9.03. The maximum Gasteiger partial charge on any atom is 0.299 e. The Morgan fingerprint density at radius 2 is 1.94 bits per heavy atom. The first-order valence-corrected chi connectivity index (χ1v) is 11.4. The summed E-state index contributed by atoms with van der Waals surface area (Å²) in [6, 6.07) is 17.6. The number of carbonyl (C=O) groups excluding carboxylic acids is 1. The number of nitrogens with two attached hydrogens (primary N) is 1. The Labute approximate surface area is 201 Å². The monoisotopic (exact) mass is 477 g/mol.